The number of hydrogen-bond donors (Lipinski definition) is 2. The van der Waals surface area contributed by atoms with Crippen LogP contribution in [0.2, 0.25) is 0 Å². The van der Waals surface area contributed by atoms with Crippen molar-refractivity contribution < 1.29 is 9.53 Å². The Morgan fingerprint density at radius 1 is 1.64 bits per heavy atom. The molecular formula is C10H20N2O2. The molecule has 0 aromatic carbocycles. The molecular weight excluding hydrogens is 180 g/mol. The van der Waals surface area contributed by atoms with Crippen LogP contribution in [0.15, 0.2) is 0 Å². The molecule has 1 aliphatic rings. The van der Waals surface area contributed by atoms with E-state index < -0.39 is 0 Å². The summed E-state index contributed by atoms with van der Waals surface area (Å²) in [5.74, 6) is 0.149. The lowest BCUT2D eigenvalue weighted by molar-refractivity contribution is -0.122. The number of nitrogens with one attached hydrogen (secondary N) is 2. The zero-order valence-electron chi connectivity index (χ0n) is 8.84. The summed E-state index contributed by atoms with van der Waals surface area (Å²) in [6, 6.07) is 0.332. The quantitative estimate of drug-likeness (QED) is 0.627. The molecule has 1 aliphatic heterocycles. The highest BCUT2D eigenvalue weighted by Gasteiger charge is 2.14. The summed E-state index contributed by atoms with van der Waals surface area (Å²) in [6.07, 6.45) is 3.64. The Kier molecular flexibility index (Phi) is 5.56. The highest BCUT2D eigenvalue weighted by atomic mass is 16.5. The van der Waals surface area contributed by atoms with Crippen molar-refractivity contribution in [3.63, 3.8) is 0 Å². The van der Waals surface area contributed by atoms with Gasteiger partial charge in [-0.05, 0) is 25.8 Å². The van der Waals surface area contributed by atoms with Crippen molar-refractivity contribution in [3.05, 3.63) is 0 Å². The molecule has 1 fully saturated rings. The Balaban J connectivity index is 2.06. The van der Waals surface area contributed by atoms with Crippen molar-refractivity contribution in [1.29, 1.82) is 0 Å². The summed E-state index contributed by atoms with van der Waals surface area (Å²) < 4.78 is 4.89. The van der Waals surface area contributed by atoms with Gasteiger partial charge in [0.1, 0.15) is 0 Å². The summed E-state index contributed by atoms with van der Waals surface area (Å²) in [5, 5.41) is 6.29. The smallest absolute Gasteiger partial charge is 0.220 e. The van der Waals surface area contributed by atoms with Gasteiger partial charge in [-0.1, -0.05) is 0 Å². The number of piperidine rings is 1. The van der Waals surface area contributed by atoms with Crippen molar-refractivity contribution in [1.82, 2.24) is 10.6 Å². The molecule has 1 amide bonds. The van der Waals surface area contributed by atoms with Gasteiger partial charge in [0.2, 0.25) is 5.91 Å². The highest BCUT2D eigenvalue weighted by molar-refractivity contribution is 5.76. The first-order valence-electron chi connectivity index (χ1n) is 5.32. The van der Waals surface area contributed by atoms with E-state index in [4.69, 9.17) is 4.74 Å². The number of methoxy groups -OCH3 is 1. The predicted octanol–water partition coefficient (Wildman–Crippen LogP) is 0.281. The third-order valence-electron chi connectivity index (χ3n) is 2.41. The van der Waals surface area contributed by atoms with Crippen molar-refractivity contribution >= 4 is 5.91 Å². The first-order valence-corrected chi connectivity index (χ1v) is 5.32. The van der Waals surface area contributed by atoms with Crippen LogP contribution in [0.1, 0.15) is 25.7 Å². The lowest BCUT2D eigenvalue weighted by Crippen LogP contribution is -2.45. The number of carbonyl (C=O) groups is 1. The summed E-state index contributed by atoms with van der Waals surface area (Å²) in [5.41, 5.74) is 0. The van der Waals surface area contributed by atoms with Crippen molar-refractivity contribution in [2.24, 2.45) is 0 Å². The molecule has 0 radical (unpaired) electrons. The molecule has 0 aromatic rings. The van der Waals surface area contributed by atoms with E-state index >= 15 is 0 Å². The molecule has 14 heavy (non-hydrogen) atoms. The number of amides is 1. The van der Waals surface area contributed by atoms with Gasteiger partial charge in [-0.3, -0.25) is 4.79 Å². The van der Waals surface area contributed by atoms with Gasteiger partial charge in [0.15, 0.2) is 0 Å². The summed E-state index contributed by atoms with van der Waals surface area (Å²) in [6.45, 7) is 2.66. The van der Waals surface area contributed by atoms with Gasteiger partial charge in [-0.25, -0.2) is 0 Å². The summed E-state index contributed by atoms with van der Waals surface area (Å²) >= 11 is 0. The molecule has 0 aromatic heterocycles. The molecule has 1 saturated heterocycles. The lowest BCUT2D eigenvalue weighted by atomic mass is 10.1. The molecule has 1 heterocycles. The van der Waals surface area contributed by atoms with E-state index in [1.54, 1.807) is 7.11 Å². The topological polar surface area (TPSA) is 50.4 Å². The first kappa shape index (κ1) is 11.5. The average molecular weight is 200 g/mol. The number of hydrogen-bond acceptors (Lipinski definition) is 3. The minimum absolute atomic E-state index is 0.149. The van der Waals surface area contributed by atoms with Crippen LogP contribution < -0.4 is 10.6 Å². The van der Waals surface area contributed by atoms with Crippen LogP contribution in [-0.2, 0) is 9.53 Å². The second-order valence-corrected chi connectivity index (χ2v) is 3.71. The predicted molar refractivity (Wildman–Crippen MR) is 55.1 cm³/mol. The minimum Gasteiger partial charge on any atom is -0.385 e. The molecule has 0 bridgehead atoms. The van der Waals surface area contributed by atoms with E-state index in [9.17, 15) is 4.79 Å². The second kappa shape index (κ2) is 6.79. The van der Waals surface area contributed by atoms with E-state index in [-0.39, 0.29) is 5.91 Å². The van der Waals surface area contributed by atoms with Crippen molar-refractivity contribution in [2.75, 3.05) is 26.8 Å². The maximum Gasteiger partial charge on any atom is 0.220 e. The van der Waals surface area contributed by atoms with Crippen LogP contribution >= 0.6 is 0 Å². The second-order valence-electron chi connectivity index (χ2n) is 3.71. The summed E-state index contributed by atoms with van der Waals surface area (Å²) in [7, 11) is 1.66. The fourth-order valence-corrected chi connectivity index (χ4v) is 1.65. The van der Waals surface area contributed by atoms with E-state index in [1.165, 1.54) is 0 Å². The molecule has 4 heteroatoms. The number of carbonyl (C=O) groups excluding carboxylic acids is 1. The number of rotatable bonds is 5. The van der Waals surface area contributed by atoms with Crippen LogP contribution in [0.3, 0.4) is 0 Å². The van der Waals surface area contributed by atoms with Gasteiger partial charge in [-0.2, -0.15) is 0 Å². The molecule has 0 aliphatic carbocycles. The molecule has 1 atom stereocenters. The Hall–Kier alpha value is -0.610. The van der Waals surface area contributed by atoms with E-state index in [0.717, 1.165) is 32.4 Å². The molecule has 0 spiro atoms. The fourth-order valence-electron chi connectivity index (χ4n) is 1.65. The minimum atomic E-state index is 0.149. The molecule has 2 N–H and O–H groups in total. The van der Waals surface area contributed by atoms with Crippen LogP contribution in [0.5, 0.6) is 0 Å². The molecule has 1 rings (SSSR count). The van der Waals surface area contributed by atoms with Gasteiger partial charge in [0.25, 0.3) is 0 Å². The van der Waals surface area contributed by atoms with E-state index in [1.807, 2.05) is 0 Å². The Morgan fingerprint density at radius 3 is 3.14 bits per heavy atom. The molecule has 4 nitrogen and oxygen atoms in total. The van der Waals surface area contributed by atoms with Crippen LogP contribution in [0.25, 0.3) is 0 Å². The maximum absolute atomic E-state index is 11.4. The fraction of sp³-hybridized carbons (Fsp3) is 0.900. The molecule has 0 unspecified atom stereocenters. The van der Waals surface area contributed by atoms with Gasteiger partial charge in [0, 0.05) is 32.7 Å². The van der Waals surface area contributed by atoms with Gasteiger partial charge < -0.3 is 15.4 Å². The Bertz CT molecular complexity index is 168. The third kappa shape index (κ3) is 4.58. The van der Waals surface area contributed by atoms with Crippen molar-refractivity contribution in [2.45, 2.75) is 31.7 Å². The van der Waals surface area contributed by atoms with Crippen LogP contribution in [0.4, 0.5) is 0 Å². The Labute approximate surface area is 85.4 Å². The molecule has 82 valence electrons. The molecule has 0 saturated carbocycles. The zero-order valence-corrected chi connectivity index (χ0v) is 8.84. The summed E-state index contributed by atoms with van der Waals surface area (Å²) in [4.78, 5) is 11.4. The highest BCUT2D eigenvalue weighted by Crippen LogP contribution is 2.01. The zero-order chi connectivity index (χ0) is 10.2. The monoisotopic (exact) mass is 200 g/mol. The lowest BCUT2D eigenvalue weighted by Gasteiger charge is -2.23. The first-order chi connectivity index (χ1) is 6.83. The normalized spacial score (nSPS) is 21.9. The third-order valence-corrected chi connectivity index (χ3v) is 2.41. The van der Waals surface area contributed by atoms with E-state index in [0.29, 0.717) is 19.1 Å². The van der Waals surface area contributed by atoms with E-state index in [2.05, 4.69) is 10.6 Å². The van der Waals surface area contributed by atoms with Crippen molar-refractivity contribution in [3.8, 4) is 0 Å². The van der Waals surface area contributed by atoms with Gasteiger partial charge in [0.05, 0.1) is 0 Å². The van der Waals surface area contributed by atoms with Crippen LogP contribution in [-0.4, -0.2) is 38.8 Å². The average Bonchev–Trinajstić information content (AvgIpc) is 2.20. The van der Waals surface area contributed by atoms with Crippen LogP contribution in [0, 0.1) is 0 Å². The standard InChI is InChI=1S/C10H20N2O2/c1-14-7-3-5-10(13)12-9-4-2-6-11-8-9/h9,11H,2-8H2,1H3,(H,12,13)/t9-/m0/s1. The maximum atomic E-state index is 11.4. The SMILES string of the molecule is COCCCC(=O)N[C@H]1CCCNC1. The largest absolute Gasteiger partial charge is 0.385 e. The number of ether oxygens (including phenoxy) is 1. The van der Waals surface area contributed by atoms with Gasteiger partial charge in [-0.15, -0.1) is 0 Å². The Morgan fingerprint density at radius 2 is 2.50 bits per heavy atom. The van der Waals surface area contributed by atoms with Gasteiger partial charge >= 0.3 is 0 Å².